The minimum absolute atomic E-state index is 0.258. The van der Waals surface area contributed by atoms with Gasteiger partial charge in [0, 0.05) is 17.1 Å². The molecule has 0 saturated carbocycles. The number of halogens is 1. The third-order valence-electron chi connectivity index (χ3n) is 2.51. The van der Waals surface area contributed by atoms with Gasteiger partial charge in [0.2, 0.25) is 0 Å². The van der Waals surface area contributed by atoms with E-state index in [0.29, 0.717) is 11.5 Å². The van der Waals surface area contributed by atoms with E-state index in [1.165, 1.54) is 4.88 Å². The lowest BCUT2D eigenvalue weighted by Crippen LogP contribution is -2.08. The Kier molecular flexibility index (Phi) is 4.55. The fraction of sp³-hybridized carbons (Fsp3) is 0.231. The summed E-state index contributed by atoms with van der Waals surface area (Å²) >= 11 is 5.12. The van der Waals surface area contributed by atoms with Gasteiger partial charge in [0.1, 0.15) is 5.82 Å². The van der Waals surface area contributed by atoms with E-state index in [0.717, 1.165) is 16.8 Å². The zero-order valence-corrected chi connectivity index (χ0v) is 12.7. The van der Waals surface area contributed by atoms with Crippen LogP contribution in [0.25, 0.3) is 0 Å². The van der Waals surface area contributed by atoms with Crippen LogP contribution in [-0.2, 0) is 6.42 Å². The second kappa shape index (κ2) is 6.16. The predicted octanol–water partition coefficient (Wildman–Crippen LogP) is 3.57. The maximum Gasteiger partial charge on any atom is 0.335 e. The Morgan fingerprint density at radius 3 is 2.89 bits per heavy atom. The lowest BCUT2D eigenvalue weighted by Gasteiger charge is -2.06. The smallest absolute Gasteiger partial charge is 0.335 e. The summed E-state index contributed by atoms with van der Waals surface area (Å²) in [5.41, 5.74) is 0.954. The van der Waals surface area contributed by atoms with Crippen molar-refractivity contribution in [3.63, 3.8) is 0 Å². The highest BCUT2D eigenvalue weighted by atomic mass is 79.9. The van der Waals surface area contributed by atoms with Crippen molar-refractivity contribution in [2.24, 2.45) is 0 Å². The van der Waals surface area contributed by atoms with Gasteiger partial charge in [0.15, 0.2) is 0 Å². The first kappa shape index (κ1) is 14.0. The van der Waals surface area contributed by atoms with Crippen LogP contribution in [0.15, 0.2) is 28.1 Å². The summed E-state index contributed by atoms with van der Waals surface area (Å²) in [6, 6.07) is 7.21. The summed E-state index contributed by atoms with van der Waals surface area (Å²) in [5.74, 6) is -0.330. The monoisotopic (exact) mass is 340 g/mol. The van der Waals surface area contributed by atoms with E-state index in [9.17, 15) is 4.79 Å². The fourth-order valence-electron chi connectivity index (χ4n) is 1.68. The highest BCUT2D eigenvalue weighted by Crippen LogP contribution is 2.22. The predicted molar refractivity (Wildman–Crippen MR) is 80.1 cm³/mol. The summed E-state index contributed by atoms with van der Waals surface area (Å²) in [7, 11) is 0. The first-order valence-electron chi connectivity index (χ1n) is 5.74. The van der Waals surface area contributed by atoms with Crippen molar-refractivity contribution < 1.29 is 9.90 Å². The fourth-order valence-corrected chi connectivity index (χ4v) is 3.17. The molecule has 0 aliphatic carbocycles. The Labute approximate surface area is 123 Å². The number of thiophene rings is 1. The number of aryl methyl sites for hydroxylation is 1. The van der Waals surface area contributed by atoms with E-state index in [1.54, 1.807) is 30.4 Å². The van der Waals surface area contributed by atoms with E-state index < -0.39 is 5.97 Å². The molecule has 0 unspecified atom stereocenters. The van der Waals surface area contributed by atoms with Crippen LogP contribution in [0.4, 0.5) is 5.82 Å². The maximum atomic E-state index is 10.9. The number of rotatable bonds is 5. The number of anilines is 1. The number of carboxylic acid groups (broad SMARTS) is 1. The molecule has 2 N–H and O–H groups in total. The lowest BCUT2D eigenvalue weighted by atomic mass is 10.2. The summed E-state index contributed by atoms with van der Waals surface area (Å²) < 4.78 is 1.12. The van der Waals surface area contributed by atoms with Crippen molar-refractivity contribution in [1.29, 1.82) is 0 Å². The molecule has 0 aliphatic rings. The van der Waals surface area contributed by atoms with Gasteiger partial charge < -0.3 is 10.4 Å². The Bertz CT molecular complexity index is 598. The zero-order valence-electron chi connectivity index (χ0n) is 10.3. The number of hydrogen-bond acceptors (Lipinski definition) is 4. The van der Waals surface area contributed by atoms with Gasteiger partial charge in [-0.15, -0.1) is 11.3 Å². The van der Waals surface area contributed by atoms with E-state index in [2.05, 4.69) is 32.3 Å². The highest BCUT2D eigenvalue weighted by molar-refractivity contribution is 9.11. The summed E-state index contributed by atoms with van der Waals surface area (Å²) in [5, 5.41) is 12.1. The number of aromatic nitrogens is 1. The van der Waals surface area contributed by atoms with Crippen LogP contribution in [0.5, 0.6) is 0 Å². The zero-order chi connectivity index (χ0) is 13.8. The molecule has 2 heterocycles. The standard InChI is InChI=1S/C13H13BrN2O2S/c1-8-6-9(13(17)18)7-12(16-8)15-5-4-10-2-3-11(14)19-10/h2-3,6-7H,4-5H2,1H3,(H,15,16)(H,17,18). The number of carbonyl (C=O) groups is 1. The molecular formula is C13H13BrN2O2S. The van der Waals surface area contributed by atoms with Crippen LogP contribution >= 0.6 is 27.3 Å². The van der Waals surface area contributed by atoms with E-state index in [4.69, 9.17) is 5.11 Å². The van der Waals surface area contributed by atoms with Crippen LogP contribution in [0.2, 0.25) is 0 Å². The number of nitrogens with zero attached hydrogens (tertiary/aromatic N) is 1. The van der Waals surface area contributed by atoms with Gasteiger partial charge in [0.05, 0.1) is 9.35 Å². The van der Waals surface area contributed by atoms with Gasteiger partial charge in [0.25, 0.3) is 0 Å². The van der Waals surface area contributed by atoms with E-state index in [1.807, 2.05) is 6.07 Å². The van der Waals surface area contributed by atoms with E-state index >= 15 is 0 Å². The molecule has 0 atom stereocenters. The molecule has 2 aromatic rings. The van der Waals surface area contributed by atoms with Gasteiger partial charge >= 0.3 is 5.97 Å². The molecule has 19 heavy (non-hydrogen) atoms. The third-order valence-corrected chi connectivity index (χ3v) is 4.19. The molecule has 0 amide bonds. The Hall–Kier alpha value is -1.40. The molecule has 0 bridgehead atoms. The second-order valence-electron chi connectivity index (χ2n) is 4.07. The molecule has 0 fully saturated rings. The average Bonchev–Trinajstić information content (AvgIpc) is 2.74. The summed E-state index contributed by atoms with van der Waals surface area (Å²) in [4.78, 5) is 16.5. The number of carboxylic acids is 1. The second-order valence-corrected chi connectivity index (χ2v) is 6.62. The van der Waals surface area contributed by atoms with Crippen molar-refractivity contribution in [3.05, 3.63) is 44.2 Å². The molecular weight excluding hydrogens is 328 g/mol. The molecule has 0 aromatic carbocycles. The normalized spacial score (nSPS) is 10.4. The highest BCUT2D eigenvalue weighted by Gasteiger charge is 2.06. The Morgan fingerprint density at radius 2 is 2.26 bits per heavy atom. The first-order valence-corrected chi connectivity index (χ1v) is 7.35. The molecule has 0 aliphatic heterocycles. The van der Waals surface area contributed by atoms with E-state index in [-0.39, 0.29) is 5.56 Å². The van der Waals surface area contributed by atoms with Crippen LogP contribution in [0, 0.1) is 6.92 Å². The van der Waals surface area contributed by atoms with Crippen LogP contribution in [0.3, 0.4) is 0 Å². The minimum atomic E-state index is -0.935. The first-order chi connectivity index (χ1) is 9.04. The summed E-state index contributed by atoms with van der Waals surface area (Å²) in [6.45, 7) is 2.51. The average molecular weight is 341 g/mol. The SMILES string of the molecule is Cc1cc(C(=O)O)cc(NCCc2ccc(Br)s2)n1. The molecule has 2 aromatic heterocycles. The molecule has 0 saturated heterocycles. The van der Waals surface area contributed by atoms with Gasteiger partial charge in [-0.2, -0.15) is 0 Å². The molecule has 100 valence electrons. The van der Waals surface area contributed by atoms with Crippen molar-refractivity contribution in [2.45, 2.75) is 13.3 Å². The molecule has 4 nitrogen and oxygen atoms in total. The molecule has 0 radical (unpaired) electrons. The van der Waals surface area contributed by atoms with Crippen molar-refractivity contribution in [3.8, 4) is 0 Å². The van der Waals surface area contributed by atoms with Gasteiger partial charge in [-0.3, -0.25) is 0 Å². The number of aromatic carboxylic acids is 1. The largest absolute Gasteiger partial charge is 0.478 e. The van der Waals surface area contributed by atoms with Crippen molar-refractivity contribution >= 4 is 39.1 Å². The van der Waals surface area contributed by atoms with Crippen LogP contribution in [0.1, 0.15) is 20.9 Å². The van der Waals surface area contributed by atoms with Crippen LogP contribution in [-0.4, -0.2) is 22.6 Å². The maximum absolute atomic E-state index is 10.9. The number of nitrogens with one attached hydrogen (secondary N) is 1. The number of hydrogen-bond donors (Lipinski definition) is 2. The van der Waals surface area contributed by atoms with Crippen LogP contribution < -0.4 is 5.32 Å². The van der Waals surface area contributed by atoms with Crippen molar-refractivity contribution in [1.82, 2.24) is 4.98 Å². The topological polar surface area (TPSA) is 62.2 Å². The number of pyridine rings is 1. The minimum Gasteiger partial charge on any atom is -0.478 e. The van der Waals surface area contributed by atoms with Crippen molar-refractivity contribution in [2.75, 3.05) is 11.9 Å². The third kappa shape index (κ3) is 4.04. The Morgan fingerprint density at radius 1 is 1.47 bits per heavy atom. The quantitative estimate of drug-likeness (QED) is 0.873. The molecule has 6 heteroatoms. The lowest BCUT2D eigenvalue weighted by molar-refractivity contribution is 0.0696. The van der Waals surface area contributed by atoms with Gasteiger partial charge in [-0.1, -0.05) is 0 Å². The Balaban J connectivity index is 1.97. The van der Waals surface area contributed by atoms with Gasteiger partial charge in [-0.05, 0) is 53.5 Å². The molecule has 0 spiro atoms. The summed E-state index contributed by atoms with van der Waals surface area (Å²) in [6.07, 6.45) is 0.883. The molecule has 2 rings (SSSR count). The van der Waals surface area contributed by atoms with Gasteiger partial charge in [-0.25, -0.2) is 9.78 Å².